The van der Waals surface area contributed by atoms with Crippen LogP contribution in [0.25, 0.3) is 0 Å². The fourth-order valence-corrected chi connectivity index (χ4v) is 2.71. The van der Waals surface area contributed by atoms with E-state index in [9.17, 15) is 4.79 Å². The molecule has 130 valence electrons. The van der Waals surface area contributed by atoms with Crippen molar-refractivity contribution in [2.45, 2.75) is 25.5 Å². The average Bonchev–Trinajstić information content (AvgIpc) is 2.51. The first-order valence-electron chi connectivity index (χ1n) is 7.33. The second-order valence-electron chi connectivity index (χ2n) is 5.14. The van der Waals surface area contributed by atoms with Crippen molar-refractivity contribution >= 4 is 23.2 Å². The first-order valence-corrected chi connectivity index (χ1v) is 7.70. The van der Waals surface area contributed by atoms with Gasteiger partial charge in [-0.2, -0.15) is 0 Å². The van der Waals surface area contributed by atoms with Gasteiger partial charge < -0.3 is 31.3 Å². The molecule has 0 radical (unpaired) electrons. The highest BCUT2D eigenvalue weighted by Crippen LogP contribution is 2.29. The number of nitrogens with one attached hydrogen (secondary N) is 2. The number of carbonyl (C=O) groups excluding carboxylic acids is 1. The van der Waals surface area contributed by atoms with Crippen LogP contribution in [-0.2, 0) is 4.74 Å². The van der Waals surface area contributed by atoms with Crippen LogP contribution in [0.1, 0.15) is 23.7 Å². The first kappa shape index (κ1) is 19.5. The van der Waals surface area contributed by atoms with Gasteiger partial charge in [0.2, 0.25) is 0 Å². The van der Waals surface area contributed by atoms with E-state index in [1.165, 1.54) is 13.2 Å². The maximum atomic E-state index is 12.5. The van der Waals surface area contributed by atoms with Crippen molar-refractivity contribution in [1.82, 2.24) is 10.6 Å². The lowest BCUT2D eigenvalue weighted by molar-refractivity contribution is 0.0208. The summed E-state index contributed by atoms with van der Waals surface area (Å²) in [4.78, 5) is 12.5. The fraction of sp³-hybridized carbons (Fsp3) is 0.533. The van der Waals surface area contributed by atoms with E-state index in [0.717, 1.165) is 19.5 Å². The zero-order valence-electron chi connectivity index (χ0n) is 13.3. The maximum Gasteiger partial charge on any atom is 0.255 e. The van der Waals surface area contributed by atoms with Gasteiger partial charge >= 0.3 is 0 Å². The minimum atomic E-state index is -0.240. The van der Waals surface area contributed by atoms with Gasteiger partial charge in [0, 0.05) is 19.2 Å². The predicted molar refractivity (Wildman–Crippen MR) is 90.2 cm³/mol. The molecule has 1 amide bonds. The minimum absolute atomic E-state index is 0. The molecular formula is C15H24ClN3O4. The number of anilines is 1. The Bertz CT molecular complexity index is 540. The molecule has 8 heteroatoms. The molecule has 1 heterocycles. The second-order valence-corrected chi connectivity index (χ2v) is 5.55. The van der Waals surface area contributed by atoms with E-state index in [1.807, 2.05) is 6.92 Å². The molecule has 1 aromatic rings. The third-order valence-corrected chi connectivity index (χ3v) is 4.01. The summed E-state index contributed by atoms with van der Waals surface area (Å²) < 4.78 is 10.9. The van der Waals surface area contributed by atoms with Gasteiger partial charge in [-0.05, 0) is 26.0 Å². The van der Waals surface area contributed by atoms with Crippen LogP contribution in [0.5, 0.6) is 5.75 Å². The monoisotopic (exact) mass is 345 g/mol. The van der Waals surface area contributed by atoms with Crippen LogP contribution in [-0.4, -0.2) is 50.3 Å². The molecule has 1 aliphatic rings. The number of rotatable bonds is 5. The van der Waals surface area contributed by atoms with Crippen molar-refractivity contribution in [3.8, 4) is 5.75 Å². The summed E-state index contributed by atoms with van der Waals surface area (Å²) in [6, 6.07) is 3.04. The van der Waals surface area contributed by atoms with E-state index in [0.29, 0.717) is 28.6 Å². The van der Waals surface area contributed by atoms with Crippen LogP contribution in [0.15, 0.2) is 12.1 Å². The molecule has 7 nitrogen and oxygen atoms in total. The molecule has 23 heavy (non-hydrogen) atoms. The van der Waals surface area contributed by atoms with Crippen molar-refractivity contribution in [3.63, 3.8) is 0 Å². The smallest absolute Gasteiger partial charge is 0.255 e. The molecule has 2 atom stereocenters. The normalized spacial score (nSPS) is 20.5. The third kappa shape index (κ3) is 4.71. The number of ether oxygens (including phenoxy) is 2. The van der Waals surface area contributed by atoms with Gasteiger partial charge in [-0.25, -0.2) is 0 Å². The van der Waals surface area contributed by atoms with Crippen LogP contribution in [0, 0.1) is 0 Å². The maximum absolute atomic E-state index is 12.5. The summed E-state index contributed by atoms with van der Waals surface area (Å²) in [5.74, 6) is 0.164. The van der Waals surface area contributed by atoms with Gasteiger partial charge in [-0.3, -0.25) is 4.79 Å². The Hall–Kier alpha value is -1.54. The van der Waals surface area contributed by atoms with Gasteiger partial charge in [-0.15, -0.1) is 0 Å². The van der Waals surface area contributed by atoms with Gasteiger partial charge in [0.25, 0.3) is 5.91 Å². The average molecular weight is 346 g/mol. The van der Waals surface area contributed by atoms with Crippen molar-refractivity contribution in [2.24, 2.45) is 0 Å². The van der Waals surface area contributed by atoms with Crippen molar-refractivity contribution in [1.29, 1.82) is 0 Å². The lowest BCUT2D eigenvalue weighted by atomic mass is 10.0. The van der Waals surface area contributed by atoms with Gasteiger partial charge in [0.1, 0.15) is 5.75 Å². The Morgan fingerprint density at radius 2 is 2.26 bits per heavy atom. The number of nitrogen functional groups attached to an aromatic ring is 1. The molecule has 6 N–H and O–H groups in total. The molecule has 2 unspecified atom stereocenters. The highest BCUT2D eigenvalue weighted by Gasteiger charge is 2.28. The molecular weight excluding hydrogens is 322 g/mol. The number of nitrogens with two attached hydrogens (primary N) is 1. The van der Waals surface area contributed by atoms with Crippen molar-refractivity contribution < 1.29 is 19.7 Å². The summed E-state index contributed by atoms with van der Waals surface area (Å²) in [6.07, 6.45) is 0.763. The van der Waals surface area contributed by atoms with Crippen LogP contribution in [0.4, 0.5) is 5.69 Å². The second kappa shape index (κ2) is 8.93. The Labute approximate surface area is 140 Å². The summed E-state index contributed by atoms with van der Waals surface area (Å²) in [7, 11) is 1.49. The molecule has 0 bridgehead atoms. The highest BCUT2D eigenvalue weighted by molar-refractivity contribution is 6.33. The molecule has 1 saturated heterocycles. The number of carbonyl (C=O) groups is 1. The third-order valence-electron chi connectivity index (χ3n) is 3.69. The zero-order valence-corrected chi connectivity index (χ0v) is 14.1. The highest BCUT2D eigenvalue weighted by atomic mass is 35.5. The summed E-state index contributed by atoms with van der Waals surface area (Å²) in [5, 5.41) is 6.60. The predicted octanol–water partition coefficient (Wildman–Crippen LogP) is 0.603. The van der Waals surface area contributed by atoms with Crippen LogP contribution in [0.2, 0.25) is 5.02 Å². The Morgan fingerprint density at radius 3 is 2.91 bits per heavy atom. The number of benzene rings is 1. The van der Waals surface area contributed by atoms with E-state index in [4.69, 9.17) is 26.8 Å². The van der Waals surface area contributed by atoms with E-state index >= 15 is 0 Å². The molecule has 0 aliphatic carbocycles. The van der Waals surface area contributed by atoms with Gasteiger partial charge in [-0.1, -0.05) is 11.6 Å². The number of hydrogen-bond donors (Lipinski definition) is 3. The first-order chi connectivity index (χ1) is 10.6. The lowest BCUT2D eigenvalue weighted by Gasteiger charge is -2.32. The summed E-state index contributed by atoms with van der Waals surface area (Å²) in [5.41, 5.74) is 6.49. The SMILES string of the molecule is CCOC1CNCCC1NC(=O)c1cc(Cl)c(N)cc1OC.O. The fourth-order valence-electron chi connectivity index (χ4n) is 2.55. The standard InChI is InChI=1S/C15H22ClN3O3.H2O/c1-3-22-14-8-18-5-4-12(14)19-15(20)9-6-10(16)11(17)7-13(9)21-2;/h6-7,12,14,18H,3-5,8,17H2,1-2H3,(H,19,20);1H2. The largest absolute Gasteiger partial charge is 0.496 e. The minimum Gasteiger partial charge on any atom is -0.496 e. The van der Waals surface area contributed by atoms with Crippen LogP contribution in [0.3, 0.4) is 0 Å². The van der Waals surface area contributed by atoms with E-state index in [2.05, 4.69) is 10.6 Å². The van der Waals surface area contributed by atoms with Crippen LogP contribution < -0.4 is 21.1 Å². The molecule has 0 aromatic heterocycles. The summed E-state index contributed by atoms with van der Waals surface area (Å²) >= 11 is 6.01. The van der Waals surface area contributed by atoms with Crippen molar-refractivity contribution in [3.05, 3.63) is 22.7 Å². The number of methoxy groups -OCH3 is 1. The molecule has 1 fully saturated rings. The van der Waals surface area contributed by atoms with E-state index in [1.54, 1.807) is 6.07 Å². The molecule has 0 saturated carbocycles. The Morgan fingerprint density at radius 1 is 1.52 bits per heavy atom. The van der Waals surface area contributed by atoms with Crippen molar-refractivity contribution in [2.75, 3.05) is 32.5 Å². The molecule has 0 spiro atoms. The number of halogens is 1. The molecule has 2 rings (SSSR count). The number of hydrogen-bond acceptors (Lipinski definition) is 5. The topological polar surface area (TPSA) is 117 Å². The number of amides is 1. The Kier molecular flexibility index (Phi) is 7.57. The molecule has 1 aromatic carbocycles. The van der Waals surface area contributed by atoms with Gasteiger partial charge in [0.15, 0.2) is 0 Å². The Balaban J connectivity index is 0.00000264. The number of piperidine rings is 1. The lowest BCUT2D eigenvalue weighted by Crippen LogP contribution is -2.53. The van der Waals surface area contributed by atoms with E-state index in [-0.39, 0.29) is 23.5 Å². The van der Waals surface area contributed by atoms with E-state index < -0.39 is 0 Å². The zero-order chi connectivity index (χ0) is 16.1. The summed E-state index contributed by atoms with van der Waals surface area (Å²) in [6.45, 7) is 4.11. The van der Waals surface area contributed by atoms with Gasteiger partial charge in [0.05, 0.1) is 35.5 Å². The molecule has 1 aliphatic heterocycles. The van der Waals surface area contributed by atoms with Crippen LogP contribution >= 0.6 is 11.6 Å². The quantitative estimate of drug-likeness (QED) is 0.676.